The number of hydrogen-bond acceptors (Lipinski definition) is 7. The fourth-order valence-corrected chi connectivity index (χ4v) is 5.26. The summed E-state index contributed by atoms with van der Waals surface area (Å²) in [6.07, 6.45) is 2.03. The van der Waals surface area contributed by atoms with Gasteiger partial charge in [-0.3, -0.25) is 9.69 Å². The molecular formula is C23H26F3N7OS. The number of hydrogen-bond donors (Lipinski definition) is 3. The second kappa shape index (κ2) is 8.90. The number of nitrogens with one attached hydrogen (secondary N) is 3. The average molecular weight is 506 g/mol. The highest BCUT2D eigenvalue weighted by Gasteiger charge is 2.38. The van der Waals surface area contributed by atoms with E-state index in [0.717, 1.165) is 19.0 Å². The summed E-state index contributed by atoms with van der Waals surface area (Å²) >= 11 is 1.34. The molecule has 5 rings (SSSR count). The molecule has 0 bridgehead atoms. The summed E-state index contributed by atoms with van der Waals surface area (Å²) in [5.41, 5.74) is -0.0622. The third-order valence-corrected chi connectivity index (χ3v) is 7.33. The van der Waals surface area contributed by atoms with Crippen LogP contribution in [0.5, 0.6) is 0 Å². The highest BCUT2D eigenvalue weighted by molar-refractivity contribution is 7.13. The molecular weight excluding hydrogens is 479 g/mol. The van der Waals surface area contributed by atoms with Crippen molar-refractivity contribution in [2.45, 2.75) is 57.3 Å². The molecule has 12 heteroatoms. The predicted octanol–water partition coefficient (Wildman–Crippen LogP) is 4.48. The number of anilines is 2. The van der Waals surface area contributed by atoms with Gasteiger partial charge in [0.25, 0.3) is 5.91 Å². The lowest BCUT2D eigenvalue weighted by atomic mass is 9.91. The first-order valence-corrected chi connectivity index (χ1v) is 12.4. The van der Waals surface area contributed by atoms with E-state index < -0.39 is 11.7 Å². The number of carbonyl (C=O) groups is 1. The van der Waals surface area contributed by atoms with Crippen molar-refractivity contribution in [1.29, 1.82) is 0 Å². The van der Waals surface area contributed by atoms with Crippen LogP contribution in [0.15, 0.2) is 24.0 Å². The number of amides is 1. The summed E-state index contributed by atoms with van der Waals surface area (Å²) in [5, 5.41) is 8.95. The number of H-pyrrole nitrogens is 1. The maximum absolute atomic E-state index is 14.0. The Morgan fingerprint density at radius 3 is 2.80 bits per heavy atom. The van der Waals surface area contributed by atoms with Crippen LogP contribution in [0, 0.1) is 0 Å². The highest BCUT2D eigenvalue weighted by Crippen LogP contribution is 2.39. The van der Waals surface area contributed by atoms with E-state index in [2.05, 4.69) is 44.4 Å². The normalized spacial score (nSPS) is 20.4. The second-order valence-electron chi connectivity index (χ2n) is 9.53. The van der Waals surface area contributed by atoms with Gasteiger partial charge in [-0.15, -0.1) is 11.3 Å². The lowest BCUT2D eigenvalue weighted by Crippen LogP contribution is -2.50. The first kappa shape index (κ1) is 23.7. The molecule has 1 saturated heterocycles. The lowest BCUT2D eigenvalue weighted by molar-refractivity contribution is -0.137. The minimum atomic E-state index is -4.64. The topological polar surface area (TPSA) is 98.8 Å². The number of halogens is 3. The van der Waals surface area contributed by atoms with Crippen molar-refractivity contribution in [3.8, 4) is 11.3 Å². The molecule has 1 atom stereocenters. The van der Waals surface area contributed by atoms with Crippen molar-refractivity contribution >= 4 is 28.3 Å². The number of thiazole rings is 1. The van der Waals surface area contributed by atoms with E-state index >= 15 is 0 Å². The summed E-state index contributed by atoms with van der Waals surface area (Å²) in [7, 11) is 0. The van der Waals surface area contributed by atoms with E-state index in [9.17, 15) is 18.0 Å². The maximum atomic E-state index is 14.0. The van der Waals surface area contributed by atoms with Crippen molar-refractivity contribution in [1.82, 2.24) is 25.3 Å². The summed E-state index contributed by atoms with van der Waals surface area (Å²) in [6, 6.07) is 0.00406. The zero-order valence-corrected chi connectivity index (χ0v) is 20.2. The number of alkyl halides is 3. The van der Waals surface area contributed by atoms with Crippen molar-refractivity contribution in [3.63, 3.8) is 0 Å². The Morgan fingerprint density at radius 2 is 2.11 bits per heavy atom. The summed E-state index contributed by atoms with van der Waals surface area (Å²) in [4.78, 5) is 30.2. The van der Waals surface area contributed by atoms with Gasteiger partial charge in [-0.2, -0.15) is 13.2 Å². The SMILES string of the molecule is CC1(C)CCC(Nc2ncc(C(F)(F)F)c(-c3c[nH]c4c3CCCN(c3nccs3)C4=O)n2)CN1. The molecule has 5 heterocycles. The minimum Gasteiger partial charge on any atom is -0.356 e. The quantitative estimate of drug-likeness (QED) is 0.484. The third kappa shape index (κ3) is 4.76. The molecule has 0 saturated carbocycles. The van der Waals surface area contributed by atoms with Crippen molar-refractivity contribution in [2.75, 3.05) is 23.3 Å². The predicted molar refractivity (Wildman–Crippen MR) is 128 cm³/mol. The Hall–Kier alpha value is -2.99. The lowest BCUT2D eigenvalue weighted by Gasteiger charge is -2.36. The van der Waals surface area contributed by atoms with Gasteiger partial charge in [0.1, 0.15) is 11.3 Å². The molecule has 35 heavy (non-hydrogen) atoms. The van der Waals surface area contributed by atoms with Crippen LogP contribution in [0.2, 0.25) is 0 Å². The number of rotatable bonds is 4. The molecule has 0 spiro atoms. The van der Waals surface area contributed by atoms with Crippen LogP contribution in [0.25, 0.3) is 11.3 Å². The molecule has 0 aromatic carbocycles. The Labute approximate surface area is 204 Å². The highest BCUT2D eigenvalue weighted by atomic mass is 32.1. The fourth-order valence-electron chi connectivity index (χ4n) is 4.59. The largest absolute Gasteiger partial charge is 0.419 e. The number of carbonyl (C=O) groups excluding carboxylic acids is 1. The van der Waals surface area contributed by atoms with E-state index in [0.29, 0.717) is 36.6 Å². The number of fused-ring (bicyclic) bond motifs is 1. The molecule has 1 amide bonds. The van der Waals surface area contributed by atoms with Gasteiger partial charge in [-0.25, -0.2) is 15.0 Å². The zero-order valence-electron chi connectivity index (χ0n) is 19.4. The van der Waals surface area contributed by atoms with Gasteiger partial charge >= 0.3 is 6.18 Å². The maximum Gasteiger partial charge on any atom is 0.419 e. The molecule has 3 N–H and O–H groups in total. The van der Waals surface area contributed by atoms with Gasteiger partial charge in [0.2, 0.25) is 5.95 Å². The second-order valence-corrected chi connectivity index (χ2v) is 10.4. The molecule has 1 unspecified atom stereocenters. The van der Waals surface area contributed by atoms with Crippen molar-refractivity contribution in [3.05, 3.63) is 40.8 Å². The monoisotopic (exact) mass is 505 g/mol. The molecule has 0 radical (unpaired) electrons. The molecule has 8 nitrogen and oxygen atoms in total. The smallest absolute Gasteiger partial charge is 0.356 e. The van der Waals surface area contributed by atoms with Gasteiger partial charge in [0.15, 0.2) is 5.13 Å². The fraction of sp³-hybridized carbons (Fsp3) is 0.478. The average Bonchev–Trinajstić information content (AvgIpc) is 3.44. The zero-order chi connectivity index (χ0) is 24.8. The number of nitrogens with zero attached hydrogens (tertiary/aromatic N) is 4. The van der Waals surface area contributed by atoms with E-state index in [1.807, 2.05) is 0 Å². The van der Waals surface area contributed by atoms with Crippen LogP contribution in [0.3, 0.4) is 0 Å². The van der Waals surface area contributed by atoms with Gasteiger partial charge in [0, 0.05) is 54.2 Å². The Balaban J connectivity index is 1.50. The molecule has 1 fully saturated rings. The molecule has 2 aliphatic heterocycles. The molecule has 0 aliphatic carbocycles. The van der Waals surface area contributed by atoms with Crippen LogP contribution >= 0.6 is 11.3 Å². The molecule has 3 aromatic heterocycles. The van der Waals surface area contributed by atoms with Crippen LogP contribution < -0.4 is 15.5 Å². The Morgan fingerprint density at radius 1 is 1.29 bits per heavy atom. The van der Waals surface area contributed by atoms with E-state index in [4.69, 9.17) is 0 Å². The van der Waals surface area contributed by atoms with Gasteiger partial charge in [-0.05, 0) is 45.1 Å². The molecule has 186 valence electrons. The number of aromatic nitrogens is 4. The first-order valence-electron chi connectivity index (χ1n) is 11.5. The van der Waals surface area contributed by atoms with Crippen LogP contribution in [-0.2, 0) is 12.6 Å². The first-order chi connectivity index (χ1) is 16.6. The number of aromatic amines is 1. The van der Waals surface area contributed by atoms with Crippen LogP contribution in [-0.4, -0.2) is 50.5 Å². The van der Waals surface area contributed by atoms with Crippen LogP contribution in [0.4, 0.5) is 24.3 Å². The van der Waals surface area contributed by atoms with E-state index in [-0.39, 0.29) is 40.4 Å². The summed E-state index contributed by atoms with van der Waals surface area (Å²) in [5.74, 6) is -0.172. The Kier molecular flexibility index (Phi) is 6.04. The summed E-state index contributed by atoms with van der Waals surface area (Å²) < 4.78 is 41.9. The Bertz CT molecular complexity index is 1210. The summed E-state index contributed by atoms with van der Waals surface area (Å²) in [6.45, 7) is 5.32. The van der Waals surface area contributed by atoms with Crippen LogP contribution in [0.1, 0.15) is 54.7 Å². The van der Waals surface area contributed by atoms with Crippen molar-refractivity contribution < 1.29 is 18.0 Å². The minimum absolute atomic E-state index is 0.00406. The molecule has 3 aromatic rings. The van der Waals surface area contributed by atoms with Gasteiger partial charge in [-0.1, -0.05) is 0 Å². The van der Waals surface area contributed by atoms with E-state index in [1.165, 1.54) is 17.5 Å². The number of piperidine rings is 1. The molecule has 2 aliphatic rings. The standard InChI is InChI=1S/C23H26F3N7OS/c1-22(2)6-5-13(10-30-22)31-20-29-12-16(23(24,25)26)17(32-20)15-11-28-18-14(15)4-3-8-33(19(18)34)21-27-7-9-35-21/h7,9,11-13,28,30H,3-6,8,10H2,1-2H3,(H,29,31,32). The van der Waals surface area contributed by atoms with Crippen molar-refractivity contribution in [2.24, 2.45) is 0 Å². The third-order valence-electron chi connectivity index (χ3n) is 6.53. The van der Waals surface area contributed by atoms with Gasteiger partial charge in [0.05, 0.1) is 5.69 Å². The van der Waals surface area contributed by atoms with E-state index in [1.54, 1.807) is 16.5 Å². The van der Waals surface area contributed by atoms with Gasteiger partial charge < -0.3 is 15.6 Å².